The van der Waals surface area contributed by atoms with Crippen molar-refractivity contribution in [1.29, 1.82) is 0 Å². The third-order valence-electron chi connectivity index (χ3n) is 3.55. The maximum Gasteiger partial charge on any atom is 0.224 e. The molecule has 1 unspecified atom stereocenters. The van der Waals surface area contributed by atoms with Gasteiger partial charge in [-0.1, -0.05) is 38.5 Å². The van der Waals surface area contributed by atoms with E-state index in [0.29, 0.717) is 6.42 Å². The summed E-state index contributed by atoms with van der Waals surface area (Å²) in [6.45, 7) is 2.47. The number of unbranched alkanes of at least 4 members (excludes halogenated alkanes) is 7. The molecule has 1 heterocycles. The van der Waals surface area contributed by atoms with Gasteiger partial charge in [-0.3, -0.25) is 4.79 Å². The minimum absolute atomic E-state index is 0.0417. The van der Waals surface area contributed by atoms with Gasteiger partial charge in [0.25, 0.3) is 0 Å². The fourth-order valence-corrected chi connectivity index (χ4v) is 2.75. The smallest absolute Gasteiger partial charge is 0.224 e. The van der Waals surface area contributed by atoms with Gasteiger partial charge in [0.15, 0.2) is 0 Å². The first-order valence-corrected chi connectivity index (χ1v) is 7.79. The molecule has 106 valence electrons. The second-order valence-corrected chi connectivity index (χ2v) is 5.88. The van der Waals surface area contributed by atoms with E-state index in [4.69, 9.17) is 17.3 Å². The third-order valence-corrected chi connectivity index (χ3v) is 3.84. The lowest BCUT2D eigenvalue weighted by atomic mass is 10.1. The first kappa shape index (κ1) is 15.8. The van der Waals surface area contributed by atoms with Crippen molar-refractivity contribution < 1.29 is 4.79 Å². The standard InChI is InChI=1S/C14H27ClN2O/c15-13-11-14(18)17(12-13)10-8-6-4-2-1-3-5-7-9-16/h13H,1-12,16H2. The Bertz CT molecular complexity index is 236. The van der Waals surface area contributed by atoms with Crippen LogP contribution in [0.25, 0.3) is 0 Å². The third kappa shape index (κ3) is 6.60. The predicted molar refractivity (Wildman–Crippen MR) is 76.8 cm³/mol. The normalized spacial score (nSPS) is 19.8. The van der Waals surface area contributed by atoms with Crippen LogP contribution in [0.1, 0.15) is 57.8 Å². The fraction of sp³-hybridized carbons (Fsp3) is 0.929. The molecule has 1 amide bonds. The summed E-state index contributed by atoms with van der Waals surface area (Å²) in [7, 11) is 0. The van der Waals surface area contributed by atoms with Crippen LogP contribution in [0.5, 0.6) is 0 Å². The zero-order valence-corrected chi connectivity index (χ0v) is 12.1. The Morgan fingerprint density at radius 1 is 1.06 bits per heavy atom. The van der Waals surface area contributed by atoms with Crippen molar-refractivity contribution in [3.63, 3.8) is 0 Å². The zero-order valence-electron chi connectivity index (χ0n) is 11.4. The fourth-order valence-electron chi connectivity index (χ4n) is 2.45. The van der Waals surface area contributed by atoms with E-state index in [9.17, 15) is 4.79 Å². The quantitative estimate of drug-likeness (QED) is 0.492. The molecular weight excluding hydrogens is 248 g/mol. The van der Waals surface area contributed by atoms with E-state index in [-0.39, 0.29) is 11.3 Å². The van der Waals surface area contributed by atoms with Crippen LogP contribution in [0.2, 0.25) is 0 Å². The zero-order chi connectivity index (χ0) is 13.2. The van der Waals surface area contributed by atoms with E-state index < -0.39 is 0 Å². The van der Waals surface area contributed by atoms with Gasteiger partial charge in [-0.2, -0.15) is 0 Å². The Balaban J connectivity index is 1.85. The molecule has 1 saturated heterocycles. The highest BCUT2D eigenvalue weighted by molar-refractivity contribution is 6.22. The summed E-state index contributed by atoms with van der Waals surface area (Å²) in [6.07, 6.45) is 10.6. The Morgan fingerprint density at radius 2 is 1.61 bits per heavy atom. The number of hydrogen-bond donors (Lipinski definition) is 1. The van der Waals surface area contributed by atoms with Crippen LogP contribution in [-0.4, -0.2) is 35.8 Å². The summed E-state index contributed by atoms with van der Waals surface area (Å²) >= 11 is 5.95. The average molecular weight is 275 g/mol. The molecule has 0 radical (unpaired) electrons. The molecule has 0 bridgehead atoms. The van der Waals surface area contributed by atoms with E-state index >= 15 is 0 Å². The van der Waals surface area contributed by atoms with Crippen LogP contribution >= 0.6 is 11.6 Å². The molecule has 1 rings (SSSR count). The van der Waals surface area contributed by atoms with Crippen LogP contribution in [0.15, 0.2) is 0 Å². The Morgan fingerprint density at radius 3 is 2.11 bits per heavy atom. The number of rotatable bonds is 10. The molecular formula is C14H27ClN2O. The van der Waals surface area contributed by atoms with E-state index in [0.717, 1.165) is 32.5 Å². The van der Waals surface area contributed by atoms with Crippen LogP contribution in [0.4, 0.5) is 0 Å². The lowest BCUT2D eigenvalue weighted by molar-refractivity contribution is -0.127. The van der Waals surface area contributed by atoms with Gasteiger partial charge in [-0.15, -0.1) is 11.6 Å². The number of likely N-dealkylation sites (tertiary alicyclic amines) is 1. The van der Waals surface area contributed by atoms with Crippen LogP contribution in [0.3, 0.4) is 0 Å². The molecule has 0 aromatic rings. The highest BCUT2D eigenvalue weighted by Gasteiger charge is 2.26. The summed E-state index contributed by atoms with van der Waals surface area (Å²) in [5.41, 5.74) is 5.45. The summed E-state index contributed by atoms with van der Waals surface area (Å²) < 4.78 is 0. The van der Waals surface area contributed by atoms with Gasteiger partial charge >= 0.3 is 0 Å². The second kappa shape index (κ2) is 9.62. The number of amides is 1. The van der Waals surface area contributed by atoms with Crippen molar-refractivity contribution >= 4 is 17.5 Å². The minimum Gasteiger partial charge on any atom is -0.341 e. The number of hydrogen-bond acceptors (Lipinski definition) is 2. The topological polar surface area (TPSA) is 46.3 Å². The summed E-state index contributed by atoms with van der Waals surface area (Å²) in [6, 6.07) is 0. The van der Waals surface area contributed by atoms with E-state index in [2.05, 4.69) is 0 Å². The maximum absolute atomic E-state index is 11.5. The average Bonchev–Trinajstić information content (AvgIpc) is 2.66. The molecule has 1 aliphatic heterocycles. The number of nitrogens with zero attached hydrogens (tertiary/aromatic N) is 1. The van der Waals surface area contributed by atoms with Gasteiger partial charge < -0.3 is 10.6 Å². The molecule has 0 aromatic carbocycles. The first-order valence-electron chi connectivity index (χ1n) is 7.36. The van der Waals surface area contributed by atoms with Crippen molar-refractivity contribution in [2.75, 3.05) is 19.6 Å². The van der Waals surface area contributed by atoms with Gasteiger partial charge in [-0.25, -0.2) is 0 Å². The SMILES string of the molecule is NCCCCCCCCCCN1CC(Cl)CC1=O. The molecule has 18 heavy (non-hydrogen) atoms. The number of alkyl halides is 1. The number of carbonyl (C=O) groups excluding carboxylic acids is 1. The largest absolute Gasteiger partial charge is 0.341 e. The highest BCUT2D eigenvalue weighted by Crippen LogP contribution is 2.17. The summed E-state index contributed by atoms with van der Waals surface area (Å²) in [5, 5.41) is 0.0417. The maximum atomic E-state index is 11.5. The van der Waals surface area contributed by atoms with Crippen molar-refractivity contribution in [3.05, 3.63) is 0 Å². The second-order valence-electron chi connectivity index (χ2n) is 5.26. The van der Waals surface area contributed by atoms with Crippen molar-refractivity contribution in [2.24, 2.45) is 5.73 Å². The summed E-state index contributed by atoms with van der Waals surface area (Å²) in [5.74, 6) is 0.233. The Kier molecular flexibility index (Phi) is 8.44. The van der Waals surface area contributed by atoms with Gasteiger partial charge in [0.1, 0.15) is 0 Å². The Hall–Kier alpha value is -0.280. The predicted octanol–water partition coefficient (Wildman–Crippen LogP) is 2.91. The molecule has 0 spiro atoms. The lowest BCUT2D eigenvalue weighted by Gasteiger charge is -2.15. The van der Waals surface area contributed by atoms with Crippen LogP contribution in [0, 0.1) is 0 Å². The van der Waals surface area contributed by atoms with E-state index in [1.807, 2.05) is 4.90 Å². The highest BCUT2D eigenvalue weighted by atomic mass is 35.5. The lowest BCUT2D eigenvalue weighted by Crippen LogP contribution is -2.26. The van der Waals surface area contributed by atoms with Crippen molar-refractivity contribution in [1.82, 2.24) is 4.90 Å². The molecule has 0 saturated carbocycles. The van der Waals surface area contributed by atoms with E-state index in [1.54, 1.807) is 0 Å². The number of halogens is 1. The van der Waals surface area contributed by atoms with Crippen LogP contribution < -0.4 is 5.73 Å². The molecule has 1 fully saturated rings. The number of carbonyl (C=O) groups is 1. The molecule has 3 nitrogen and oxygen atoms in total. The molecule has 1 atom stereocenters. The number of nitrogens with two attached hydrogens (primary N) is 1. The summed E-state index contributed by atoms with van der Waals surface area (Å²) in [4.78, 5) is 13.4. The van der Waals surface area contributed by atoms with Crippen molar-refractivity contribution in [2.45, 2.75) is 63.2 Å². The van der Waals surface area contributed by atoms with Crippen molar-refractivity contribution in [3.8, 4) is 0 Å². The van der Waals surface area contributed by atoms with Gasteiger partial charge in [-0.05, 0) is 19.4 Å². The van der Waals surface area contributed by atoms with Gasteiger partial charge in [0, 0.05) is 19.5 Å². The monoisotopic (exact) mass is 274 g/mol. The Labute approximate surface area is 116 Å². The first-order chi connectivity index (χ1) is 8.74. The molecule has 4 heteroatoms. The van der Waals surface area contributed by atoms with E-state index in [1.165, 1.54) is 38.5 Å². The minimum atomic E-state index is 0.0417. The van der Waals surface area contributed by atoms with Crippen LogP contribution in [-0.2, 0) is 4.79 Å². The molecule has 2 N–H and O–H groups in total. The molecule has 1 aliphatic rings. The van der Waals surface area contributed by atoms with Gasteiger partial charge in [0.2, 0.25) is 5.91 Å². The molecule has 0 aliphatic carbocycles. The molecule has 0 aromatic heterocycles. The van der Waals surface area contributed by atoms with Gasteiger partial charge in [0.05, 0.1) is 5.38 Å².